The second-order valence-electron chi connectivity index (χ2n) is 8.17. The zero-order valence-electron chi connectivity index (χ0n) is 18.8. The third kappa shape index (κ3) is 9.08. The third-order valence-electron chi connectivity index (χ3n) is 5.48. The molecule has 2 aromatic rings. The van der Waals surface area contributed by atoms with Crippen molar-refractivity contribution in [2.45, 2.75) is 84.0 Å². The number of anilines is 4. The van der Waals surface area contributed by atoms with Crippen LogP contribution in [-0.2, 0) is 4.84 Å². The normalized spacial score (nSPS) is 11.0. The summed E-state index contributed by atoms with van der Waals surface area (Å²) in [5, 5.41) is 1.81. The summed E-state index contributed by atoms with van der Waals surface area (Å²) < 4.78 is 0. The minimum absolute atomic E-state index is 0.655. The minimum Gasteiger partial charge on any atom is -0.399 e. The predicted octanol–water partition coefficient (Wildman–Crippen LogP) is 7.62. The monoisotopic (exact) mass is 411 g/mol. The van der Waals surface area contributed by atoms with Crippen molar-refractivity contribution >= 4 is 22.7 Å². The summed E-state index contributed by atoms with van der Waals surface area (Å²) in [5.74, 6) is 0. The Kier molecular flexibility index (Phi) is 11.8. The van der Waals surface area contributed by atoms with Gasteiger partial charge in [0, 0.05) is 5.69 Å². The Labute approximate surface area is 183 Å². The highest BCUT2D eigenvalue weighted by Gasteiger charge is 2.13. The van der Waals surface area contributed by atoms with Crippen molar-refractivity contribution < 1.29 is 4.84 Å². The van der Waals surface area contributed by atoms with Gasteiger partial charge in [0.2, 0.25) is 0 Å². The molecule has 0 fully saturated rings. The maximum atomic E-state index is 6.19. The lowest BCUT2D eigenvalue weighted by Crippen LogP contribution is -2.20. The zero-order valence-corrected chi connectivity index (χ0v) is 18.8. The molecule has 0 aromatic heterocycles. The standard InChI is InChI=1S/C26H41N3O/c1-2-3-4-5-6-7-8-9-10-11-12-16-21-30-29(24-17-14-13-15-18-24)26-22-23(27)19-20-25(26)28/h13-15,17-20,22H,2-12,16,21,27-28H2,1H3. The molecule has 0 aliphatic carbocycles. The number of hydrogen-bond donors (Lipinski definition) is 2. The summed E-state index contributed by atoms with van der Waals surface area (Å²) in [6.45, 7) is 2.94. The minimum atomic E-state index is 0.655. The van der Waals surface area contributed by atoms with Crippen LogP contribution in [0.2, 0.25) is 0 Å². The van der Waals surface area contributed by atoms with Crippen molar-refractivity contribution in [2.24, 2.45) is 0 Å². The van der Waals surface area contributed by atoms with Crippen LogP contribution in [0.1, 0.15) is 84.0 Å². The molecule has 0 aliphatic rings. The van der Waals surface area contributed by atoms with Gasteiger partial charge in [-0.2, -0.15) is 0 Å². The van der Waals surface area contributed by atoms with E-state index in [0.29, 0.717) is 18.0 Å². The van der Waals surface area contributed by atoms with Gasteiger partial charge in [-0.05, 0) is 36.8 Å². The molecule has 4 N–H and O–H groups in total. The van der Waals surface area contributed by atoms with Crippen molar-refractivity contribution in [3.8, 4) is 0 Å². The van der Waals surface area contributed by atoms with E-state index in [1.54, 1.807) is 0 Å². The number of nitrogens with two attached hydrogens (primary N) is 2. The van der Waals surface area contributed by atoms with E-state index >= 15 is 0 Å². The van der Waals surface area contributed by atoms with Crippen LogP contribution in [0.25, 0.3) is 0 Å². The van der Waals surface area contributed by atoms with Gasteiger partial charge in [0.1, 0.15) is 0 Å². The van der Waals surface area contributed by atoms with Crippen LogP contribution in [0, 0.1) is 0 Å². The average Bonchev–Trinajstić information content (AvgIpc) is 2.77. The highest BCUT2D eigenvalue weighted by atomic mass is 16.7. The third-order valence-corrected chi connectivity index (χ3v) is 5.48. The molecule has 0 saturated heterocycles. The van der Waals surface area contributed by atoms with Gasteiger partial charge >= 0.3 is 0 Å². The molecule has 0 atom stereocenters. The molecule has 4 nitrogen and oxygen atoms in total. The van der Waals surface area contributed by atoms with E-state index < -0.39 is 0 Å². The molecule has 0 radical (unpaired) electrons. The second kappa shape index (κ2) is 14.7. The fraction of sp³-hybridized carbons (Fsp3) is 0.538. The summed E-state index contributed by atoms with van der Waals surface area (Å²) in [4.78, 5) is 6.14. The van der Waals surface area contributed by atoms with E-state index in [1.165, 1.54) is 70.6 Å². The maximum absolute atomic E-state index is 6.19. The molecular formula is C26H41N3O. The van der Waals surface area contributed by atoms with Gasteiger partial charge in [-0.15, -0.1) is 0 Å². The smallest absolute Gasteiger partial charge is 0.0945 e. The number of unbranched alkanes of at least 4 members (excludes halogenated alkanes) is 11. The average molecular weight is 412 g/mol. The largest absolute Gasteiger partial charge is 0.399 e. The first-order valence-corrected chi connectivity index (χ1v) is 11.9. The quantitative estimate of drug-likeness (QED) is 0.169. The van der Waals surface area contributed by atoms with E-state index in [2.05, 4.69) is 6.92 Å². The number of para-hydroxylation sites is 1. The van der Waals surface area contributed by atoms with Crippen molar-refractivity contribution in [2.75, 3.05) is 23.1 Å². The molecule has 2 rings (SSSR count). The Balaban J connectivity index is 1.66. The molecule has 0 amide bonds. The number of benzene rings is 2. The Morgan fingerprint density at radius 3 is 1.87 bits per heavy atom. The number of rotatable bonds is 16. The summed E-state index contributed by atoms with van der Waals surface area (Å²) in [5.41, 5.74) is 15.2. The molecule has 0 aliphatic heterocycles. The lowest BCUT2D eigenvalue weighted by molar-refractivity contribution is 0.131. The first-order chi connectivity index (χ1) is 14.7. The van der Waals surface area contributed by atoms with Gasteiger partial charge in [0.15, 0.2) is 0 Å². The Hall–Kier alpha value is -2.20. The van der Waals surface area contributed by atoms with Crippen LogP contribution in [0.4, 0.5) is 22.7 Å². The van der Waals surface area contributed by atoms with E-state index in [1.807, 2.05) is 53.6 Å². The van der Waals surface area contributed by atoms with Gasteiger partial charge in [-0.25, -0.2) is 5.06 Å². The van der Waals surface area contributed by atoms with Crippen molar-refractivity contribution in [3.63, 3.8) is 0 Å². The Bertz CT molecular complexity index is 690. The Morgan fingerprint density at radius 1 is 0.700 bits per heavy atom. The first kappa shape index (κ1) is 24.1. The van der Waals surface area contributed by atoms with E-state index in [-0.39, 0.29) is 0 Å². The van der Waals surface area contributed by atoms with Gasteiger partial charge in [0.25, 0.3) is 0 Å². The molecule has 0 unspecified atom stereocenters. The molecule has 0 saturated carbocycles. The first-order valence-electron chi connectivity index (χ1n) is 11.9. The summed E-state index contributed by atoms with van der Waals surface area (Å²) in [7, 11) is 0. The maximum Gasteiger partial charge on any atom is 0.0945 e. The van der Waals surface area contributed by atoms with Crippen LogP contribution < -0.4 is 16.5 Å². The number of nitrogen functional groups attached to an aromatic ring is 2. The van der Waals surface area contributed by atoms with Gasteiger partial charge in [0.05, 0.1) is 23.7 Å². The van der Waals surface area contributed by atoms with Crippen LogP contribution in [0.3, 0.4) is 0 Å². The highest BCUT2D eigenvalue weighted by Crippen LogP contribution is 2.32. The molecule has 30 heavy (non-hydrogen) atoms. The number of hydrogen-bond acceptors (Lipinski definition) is 4. The summed E-state index contributed by atoms with van der Waals surface area (Å²) in [6, 6.07) is 15.5. The molecule has 166 valence electrons. The predicted molar refractivity (Wildman–Crippen MR) is 131 cm³/mol. The molecule has 4 heteroatoms. The fourth-order valence-electron chi connectivity index (χ4n) is 3.68. The Morgan fingerprint density at radius 2 is 1.27 bits per heavy atom. The lowest BCUT2D eigenvalue weighted by Gasteiger charge is -2.25. The van der Waals surface area contributed by atoms with Gasteiger partial charge in [-0.1, -0.05) is 95.8 Å². The van der Waals surface area contributed by atoms with Crippen molar-refractivity contribution in [3.05, 3.63) is 48.5 Å². The van der Waals surface area contributed by atoms with Crippen LogP contribution in [0.5, 0.6) is 0 Å². The molecule has 0 heterocycles. The van der Waals surface area contributed by atoms with Crippen LogP contribution >= 0.6 is 0 Å². The molecular weight excluding hydrogens is 370 g/mol. The van der Waals surface area contributed by atoms with E-state index in [9.17, 15) is 0 Å². The molecule has 2 aromatic carbocycles. The fourth-order valence-corrected chi connectivity index (χ4v) is 3.68. The van der Waals surface area contributed by atoms with Crippen molar-refractivity contribution in [1.82, 2.24) is 0 Å². The van der Waals surface area contributed by atoms with Gasteiger partial charge in [-0.3, -0.25) is 4.84 Å². The SMILES string of the molecule is CCCCCCCCCCCCCCON(c1ccccc1)c1cc(N)ccc1N. The summed E-state index contributed by atoms with van der Waals surface area (Å²) >= 11 is 0. The zero-order chi connectivity index (χ0) is 21.4. The molecule has 0 spiro atoms. The number of nitrogens with zero attached hydrogens (tertiary/aromatic N) is 1. The van der Waals surface area contributed by atoms with E-state index in [0.717, 1.165) is 17.8 Å². The topological polar surface area (TPSA) is 64.5 Å². The van der Waals surface area contributed by atoms with Crippen LogP contribution in [0.15, 0.2) is 48.5 Å². The van der Waals surface area contributed by atoms with Crippen molar-refractivity contribution in [1.29, 1.82) is 0 Å². The van der Waals surface area contributed by atoms with Crippen LogP contribution in [-0.4, -0.2) is 6.61 Å². The highest BCUT2D eigenvalue weighted by molar-refractivity contribution is 5.76. The second-order valence-corrected chi connectivity index (χ2v) is 8.17. The summed E-state index contributed by atoms with van der Waals surface area (Å²) in [6.07, 6.45) is 16.0. The van der Waals surface area contributed by atoms with E-state index in [4.69, 9.17) is 16.3 Å². The lowest BCUT2D eigenvalue weighted by atomic mass is 10.1. The molecule has 0 bridgehead atoms. The van der Waals surface area contributed by atoms with Gasteiger partial charge < -0.3 is 11.5 Å².